The first-order chi connectivity index (χ1) is 44.9. The fourth-order valence-electron chi connectivity index (χ4n) is 15.3. The predicted octanol–water partition coefficient (Wildman–Crippen LogP) is 5.85. The summed E-state index contributed by atoms with van der Waals surface area (Å²) >= 11 is 0. The van der Waals surface area contributed by atoms with E-state index < -0.39 is 171 Å². The van der Waals surface area contributed by atoms with Gasteiger partial charge in [-0.3, -0.25) is 24.0 Å². The molecule has 0 unspecified atom stereocenters. The molecule has 6 rings (SSSR count). The molecule has 6 heterocycles. The number of aliphatic hydroxyl groups excluding tert-OH is 1. The van der Waals surface area contributed by atoms with Gasteiger partial charge in [0.2, 0.25) is 0 Å². The van der Waals surface area contributed by atoms with Gasteiger partial charge in [-0.05, 0) is 133 Å². The third-order valence-corrected chi connectivity index (χ3v) is 20.5. The van der Waals surface area contributed by atoms with Crippen LogP contribution >= 0.6 is 0 Å². The first-order valence-electron chi connectivity index (χ1n) is 34.0. The van der Waals surface area contributed by atoms with E-state index in [9.17, 15) is 59.5 Å². The highest BCUT2D eigenvalue weighted by atomic mass is 16.7. The Kier molecular flexibility index (Phi) is 28.9. The molecule has 29 nitrogen and oxygen atoms in total. The Morgan fingerprint density at radius 3 is 1.31 bits per heavy atom. The molecule has 0 aromatic rings. The van der Waals surface area contributed by atoms with Gasteiger partial charge in [-0.15, -0.1) is 0 Å². The smallest absolute Gasteiger partial charge is 0.387 e. The summed E-state index contributed by atoms with van der Waals surface area (Å²) in [5, 5.41) is 61.8. The highest BCUT2D eigenvalue weighted by Crippen LogP contribution is 2.44. The van der Waals surface area contributed by atoms with Crippen LogP contribution in [-0.4, -0.2) is 249 Å². The summed E-state index contributed by atoms with van der Waals surface area (Å²) in [5.41, 5.74) is -5.08. The number of ketones is 2. The third-order valence-electron chi connectivity index (χ3n) is 20.5. The summed E-state index contributed by atoms with van der Waals surface area (Å²) in [7, 11) is 7.42. The van der Waals surface area contributed by atoms with Gasteiger partial charge in [-0.1, -0.05) is 68.5 Å². The van der Waals surface area contributed by atoms with E-state index in [0.29, 0.717) is 24.0 Å². The van der Waals surface area contributed by atoms with E-state index in [1.807, 2.05) is 51.8 Å². The number of fused-ring (bicyclic) bond motifs is 10. The lowest BCUT2D eigenvalue weighted by Gasteiger charge is -2.48. The van der Waals surface area contributed by atoms with Crippen molar-refractivity contribution in [1.82, 2.24) is 9.80 Å². The summed E-state index contributed by atoms with van der Waals surface area (Å²) in [6.45, 7) is 36.0. The van der Waals surface area contributed by atoms with Gasteiger partial charge in [0.15, 0.2) is 30.3 Å². The number of rotatable bonds is 11. The molecule has 6 fully saturated rings. The van der Waals surface area contributed by atoms with E-state index in [0.717, 1.165) is 0 Å². The SMILES string of the molecule is C=C1CO[C@@H]2[C@@H](C)/C(=N/[N+](=O)O)[C@H](C)C[C@@](C)(OC1)[C@H](O[C@@H]1O[C@H](C)C[C@H](N(C)C)[C@H]1O)[C@@H](C)C(=O)[C@@H](C)C(=O)O[C@H](CC)[C@@]2(C)O.C=C1CO[C@@H]2[C@@H](C)/C(=N/[N+](=O)O)[C@H](C)C[C@@](C)(OC1)[C@H](O[C@@H]1O[C@H](C)C[C@H](N(C)C)[C@H]1OC(C)=O)[C@@H](C)C(=O)[C@@H](C)C(=O)O[C@H](CC)[C@@]2(C)O. The first-order valence-corrected chi connectivity index (χ1v) is 34.0. The molecule has 6 aliphatic rings. The van der Waals surface area contributed by atoms with Crippen molar-refractivity contribution in [2.75, 3.05) is 54.6 Å². The van der Waals surface area contributed by atoms with Gasteiger partial charge in [-0.2, -0.15) is 0 Å². The second-order valence-electron chi connectivity index (χ2n) is 29.3. The molecule has 0 saturated carbocycles. The fourth-order valence-corrected chi connectivity index (χ4v) is 15.3. The third kappa shape index (κ3) is 19.7. The molecule has 552 valence electrons. The van der Waals surface area contributed by atoms with Crippen LogP contribution in [0.25, 0.3) is 0 Å². The number of hydrogen-bond donors (Lipinski definition) is 5. The van der Waals surface area contributed by atoms with E-state index in [1.54, 1.807) is 69.2 Å². The molecule has 0 aliphatic carbocycles. The zero-order valence-corrected chi connectivity index (χ0v) is 61.0. The Balaban J connectivity index is 0.000000351. The van der Waals surface area contributed by atoms with Crippen LogP contribution in [-0.2, 0) is 76.1 Å². The molecular weight excluding hydrogens is 1270 g/mol. The average Bonchev–Trinajstić information content (AvgIpc) is 1.70. The predicted molar refractivity (Wildman–Crippen MR) is 350 cm³/mol. The van der Waals surface area contributed by atoms with E-state index >= 15 is 0 Å². The normalized spacial score (nSPS) is 42.9. The van der Waals surface area contributed by atoms with Crippen LogP contribution in [0, 0.1) is 57.2 Å². The van der Waals surface area contributed by atoms with Crippen molar-refractivity contribution in [3.8, 4) is 0 Å². The molecular formula is C68H114N6O23+2. The zero-order chi connectivity index (χ0) is 73.5. The van der Waals surface area contributed by atoms with Crippen molar-refractivity contribution in [3.63, 3.8) is 0 Å². The molecule has 26 atom stereocenters. The summed E-state index contributed by atoms with van der Waals surface area (Å²) in [5.74, 6) is -10.7. The lowest BCUT2D eigenvalue weighted by atomic mass is 9.73. The molecule has 29 heteroatoms. The van der Waals surface area contributed by atoms with Gasteiger partial charge in [0.1, 0.15) is 62.6 Å². The van der Waals surface area contributed by atoms with Crippen LogP contribution < -0.4 is 0 Å². The molecule has 0 aromatic heterocycles. The van der Waals surface area contributed by atoms with Crippen LogP contribution in [0.3, 0.4) is 0 Å². The van der Waals surface area contributed by atoms with Crippen molar-refractivity contribution >= 4 is 40.9 Å². The van der Waals surface area contributed by atoms with Crippen molar-refractivity contribution < 1.29 is 112 Å². The number of hydrazone groups is 2. The van der Waals surface area contributed by atoms with Crippen molar-refractivity contribution in [3.05, 3.63) is 34.1 Å². The minimum absolute atomic E-state index is 0.0274. The van der Waals surface area contributed by atoms with Gasteiger partial charge < -0.3 is 77.2 Å². The number of likely N-dealkylation sites (N-methyl/N-ethyl adjacent to an activating group) is 2. The lowest BCUT2D eigenvalue weighted by Crippen LogP contribution is -2.60. The summed E-state index contributed by atoms with van der Waals surface area (Å²) in [6.07, 6.45) is -10.0. The maximum absolute atomic E-state index is 14.3. The van der Waals surface area contributed by atoms with Crippen LogP contribution in [0.5, 0.6) is 0 Å². The summed E-state index contributed by atoms with van der Waals surface area (Å²) < 4.78 is 69.0. The van der Waals surface area contributed by atoms with E-state index in [2.05, 4.69) is 23.4 Å². The molecule has 5 N–H and O–H groups in total. The lowest BCUT2D eigenvalue weighted by molar-refractivity contribution is -0.796. The highest BCUT2D eigenvalue weighted by Gasteiger charge is 2.57. The Hall–Kier alpha value is -5.15. The van der Waals surface area contributed by atoms with Crippen LogP contribution in [0.2, 0.25) is 0 Å². The number of esters is 3. The maximum Gasteiger partial charge on any atom is 0.387 e. The standard InChI is InChI=1S/C35H58N3O12.C33H56N3O11/c1-13-26-35(10,42)31-21(5)27(36-38(43)44)19(3)15-34(9,46-17-18(2)16-45-31)30(22(6)28(40)23(7)32(41)49-26)50-33-29(48-24(8)39)25(37(11)12)14-20(4)47-33;1-12-24-33(9,40)29-20(5)25(34-36(41)42)18(3)14-32(8,44-16-17(2)15-43-29)28(21(6)26(37)22(7)30(39)46-24)47-31-27(38)23(35(10)11)13-19(4)45-31/h19-23,25-26,29-31,33,42H,2,13-17H2,1,3-12H3,(H,43,44);18-24,27-29,31,38,40H,2,12-16H2,1,3-11H3,(H,41,42)/q2*+1/b36-27+;34-25+/t19-,20-,21+,22+,23-,25+,26-,29-,30-,31-,33+,34-,35-;18-,19-,20+,21+,22-,23+,24-,27-,28-,29-,31+,32-,33-/m11/s1. The number of aliphatic hydroxyl groups is 3. The van der Waals surface area contributed by atoms with Gasteiger partial charge in [0, 0.05) is 48.5 Å². The first kappa shape index (κ1) is 82.5. The van der Waals surface area contributed by atoms with Crippen molar-refractivity contribution in [2.45, 2.75) is 264 Å². The van der Waals surface area contributed by atoms with Crippen LogP contribution in [0.4, 0.5) is 0 Å². The molecule has 0 aromatic carbocycles. The van der Waals surface area contributed by atoms with Gasteiger partial charge in [0.05, 0.1) is 90.5 Å². The molecule has 4 bridgehead atoms. The zero-order valence-electron chi connectivity index (χ0n) is 61.0. The van der Waals surface area contributed by atoms with Crippen molar-refractivity contribution in [1.29, 1.82) is 0 Å². The number of hydrogen-bond acceptors (Lipinski definition) is 23. The number of Topliss-reactive ketones (excluding diaryl/α,β-unsaturated/α-hetero) is 2. The largest absolute Gasteiger partial charge is 0.459 e. The molecule has 0 amide bonds. The summed E-state index contributed by atoms with van der Waals surface area (Å²) in [4.78, 5) is 95.9. The second kappa shape index (κ2) is 34.0. The monoisotopic (exact) mass is 1380 g/mol. The molecule has 97 heavy (non-hydrogen) atoms. The quantitative estimate of drug-likeness (QED) is 0.0532. The van der Waals surface area contributed by atoms with Gasteiger partial charge >= 0.3 is 28.0 Å². The second-order valence-corrected chi connectivity index (χ2v) is 29.3. The van der Waals surface area contributed by atoms with Crippen LogP contribution in [0.1, 0.15) is 156 Å². The Morgan fingerprint density at radius 1 is 0.598 bits per heavy atom. The minimum Gasteiger partial charge on any atom is -0.459 e. The molecule has 0 radical (unpaired) electrons. The number of nitrogens with zero attached hydrogens (tertiary/aromatic N) is 6. The highest BCUT2D eigenvalue weighted by molar-refractivity contribution is 6.01. The number of carbonyl (C=O) groups is 5. The average molecular weight is 1380 g/mol. The Morgan fingerprint density at radius 2 is 0.959 bits per heavy atom. The van der Waals surface area contributed by atoms with Crippen LogP contribution in [0.15, 0.2) is 34.5 Å². The molecule has 6 aliphatic heterocycles. The maximum atomic E-state index is 14.3. The topological polar surface area (TPSA) is 359 Å². The van der Waals surface area contributed by atoms with Crippen molar-refractivity contribution in [2.24, 2.45) is 57.5 Å². The number of cyclic esters (lactones) is 2. The van der Waals surface area contributed by atoms with E-state index in [-0.39, 0.29) is 87.8 Å². The minimum atomic E-state index is -1.85. The van der Waals surface area contributed by atoms with E-state index in [4.69, 9.17) is 52.1 Å². The molecule has 0 spiro atoms. The van der Waals surface area contributed by atoms with E-state index in [1.165, 1.54) is 34.6 Å². The Labute approximate surface area is 571 Å². The fraction of sp³-hybridized carbons (Fsp3) is 0.838. The molecule has 6 saturated heterocycles. The van der Waals surface area contributed by atoms with Gasteiger partial charge in [0.25, 0.3) is 0 Å². The van der Waals surface area contributed by atoms with Gasteiger partial charge in [-0.25, -0.2) is 10.4 Å². The summed E-state index contributed by atoms with van der Waals surface area (Å²) in [6, 6.07) is -0.603. The Bertz CT molecular complexity index is 2870. The number of ether oxygens (including phenoxy) is 11. The number of carbonyl (C=O) groups excluding carboxylic acids is 5.